The summed E-state index contributed by atoms with van der Waals surface area (Å²) < 4.78 is 10.6. The molecule has 1 aromatic heterocycles. The van der Waals surface area contributed by atoms with Crippen molar-refractivity contribution in [3.05, 3.63) is 96.6 Å². The Balaban J connectivity index is 1.39. The summed E-state index contributed by atoms with van der Waals surface area (Å²) in [6.07, 6.45) is -2.01. The second-order valence-corrected chi connectivity index (χ2v) is 11.4. The number of nitrogens with zero attached hydrogens (tertiary/aromatic N) is 5. The van der Waals surface area contributed by atoms with Crippen molar-refractivity contribution < 1.29 is 38.8 Å². The number of fused-ring (bicyclic) bond motifs is 1. The Labute approximate surface area is 263 Å². The summed E-state index contributed by atoms with van der Waals surface area (Å²) in [5, 5.41) is 32.3. The molecule has 5 N–H and O–H groups in total. The molecular formula is C28H25N7O10S. The van der Waals surface area contributed by atoms with E-state index >= 15 is 0 Å². The SMILES string of the molecule is CC(OC(=O)OCc1ccc([N+](=O)[O-])cc1)C1C(=O)N2C(C(=O)O)=C(Sc3nc(N)cc(N)n3)C(Cc3ccc([N+](=O)[O-])cc3)C12. The number of thioether (sulfide) groups is 1. The number of rotatable bonds is 11. The fourth-order valence-corrected chi connectivity index (χ4v) is 6.58. The first-order valence-electron chi connectivity index (χ1n) is 13.5. The molecule has 0 saturated carbocycles. The minimum Gasteiger partial charge on any atom is -0.477 e. The number of β-lactam (4-membered cyclic amide) rings is 1. The monoisotopic (exact) mass is 651 g/mol. The first kappa shape index (κ1) is 31.6. The first-order chi connectivity index (χ1) is 21.8. The van der Waals surface area contributed by atoms with Crippen molar-refractivity contribution in [2.24, 2.45) is 11.8 Å². The zero-order chi connectivity index (χ0) is 33.3. The summed E-state index contributed by atoms with van der Waals surface area (Å²) in [6, 6.07) is 11.6. The summed E-state index contributed by atoms with van der Waals surface area (Å²) in [5.74, 6) is -3.57. The van der Waals surface area contributed by atoms with Crippen molar-refractivity contribution in [2.45, 2.75) is 37.3 Å². The number of nitro benzene ring substituents is 2. The van der Waals surface area contributed by atoms with Crippen LogP contribution < -0.4 is 11.5 Å². The normalized spacial score (nSPS) is 19.2. The van der Waals surface area contributed by atoms with E-state index < -0.39 is 51.9 Å². The molecule has 0 radical (unpaired) electrons. The highest BCUT2D eigenvalue weighted by Gasteiger charge is 2.62. The zero-order valence-electron chi connectivity index (χ0n) is 23.8. The third kappa shape index (κ3) is 6.36. The fourth-order valence-electron chi connectivity index (χ4n) is 5.42. The van der Waals surface area contributed by atoms with Gasteiger partial charge in [0.25, 0.3) is 11.4 Å². The second kappa shape index (κ2) is 12.7. The summed E-state index contributed by atoms with van der Waals surface area (Å²) in [6.45, 7) is 1.22. The number of aromatic nitrogens is 2. The number of nitrogens with two attached hydrogens (primary N) is 2. The van der Waals surface area contributed by atoms with Crippen LogP contribution in [0.5, 0.6) is 0 Å². The van der Waals surface area contributed by atoms with Crippen LogP contribution in [0.15, 0.2) is 70.4 Å². The molecule has 18 heteroatoms. The number of anilines is 2. The van der Waals surface area contributed by atoms with Gasteiger partial charge in [0.15, 0.2) is 5.16 Å². The maximum absolute atomic E-state index is 13.5. The van der Waals surface area contributed by atoms with E-state index in [4.69, 9.17) is 20.9 Å². The van der Waals surface area contributed by atoms with E-state index in [1.54, 1.807) is 0 Å². The lowest BCUT2D eigenvalue weighted by Gasteiger charge is -2.47. The van der Waals surface area contributed by atoms with Crippen LogP contribution in [0.2, 0.25) is 0 Å². The van der Waals surface area contributed by atoms with Gasteiger partial charge in [-0.15, -0.1) is 0 Å². The minimum atomic E-state index is -1.39. The number of carbonyl (C=O) groups is 3. The van der Waals surface area contributed by atoms with E-state index in [-0.39, 0.29) is 51.8 Å². The average Bonchev–Trinajstić information content (AvgIpc) is 3.25. The molecule has 5 rings (SSSR count). The number of amides is 1. The second-order valence-electron chi connectivity index (χ2n) is 10.4. The van der Waals surface area contributed by atoms with Gasteiger partial charge in [0.1, 0.15) is 30.0 Å². The smallest absolute Gasteiger partial charge is 0.477 e. The molecule has 0 bridgehead atoms. The Kier molecular flexibility index (Phi) is 8.72. The maximum Gasteiger partial charge on any atom is 0.508 e. The Morgan fingerprint density at radius 1 is 1.00 bits per heavy atom. The molecule has 1 saturated heterocycles. The molecule has 3 heterocycles. The molecule has 4 atom stereocenters. The molecule has 4 unspecified atom stereocenters. The topological polar surface area (TPSA) is 257 Å². The lowest BCUT2D eigenvalue weighted by molar-refractivity contribution is -0.385. The van der Waals surface area contributed by atoms with E-state index in [9.17, 15) is 39.7 Å². The lowest BCUT2D eigenvalue weighted by Crippen LogP contribution is -2.64. The third-order valence-electron chi connectivity index (χ3n) is 7.46. The van der Waals surface area contributed by atoms with Gasteiger partial charge in [-0.3, -0.25) is 25.0 Å². The highest BCUT2D eigenvalue weighted by atomic mass is 32.2. The number of carboxylic acids is 1. The fraction of sp³-hybridized carbons (Fsp3) is 0.250. The van der Waals surface area contributed by atoms with Gasteiger partial charge in [0.05, 0.1) is 21.8 Å². The van der Waals surface area contributed by atoms with Gasteiger partial charge in [0, 0.05) is 41.2 Å². The number of non-ortho nitro benzene ring substituents is 2. The van der Waals surface area contributed by atoms with E-state index in [1.807, 2.05) is 0 Å². The zero-order valence-corrected chi connectivity index (χ0v) is 24.7. The van der Waals surface area contributed by atoms with Gasteiger partial charge in [-0.25, -0.2) is 19.6 Å². The number of ether oxygens (including phenoxy) is 2. The molecule has 3 aromatic rings. The van der Waals surface area contributed by atoms with Crippen LogP contribution in [0, 0.1) is 32.1 Å². The number of carboxylic acid groups (broad SMARTS) is 1. The molecule has 1 amide bonds. The van der Waals surface area contributed by atoms with E-state index in [0.29, 0.717) is 11.1 Å². The van der Waals surface area contributed by atoms with Crippen LogP contribution >= 0.6 is 11.8 Å². The van der Waals surface area contributed by atoms with E-state index in [0.717, 1.165) is 16.7 Å². The van der Waals surface area contributed by atoms with Crippen LogP contribution in [-0.4, -0.2) is 60.0 Å². The highest BCUT2D eigenvalue weighted by molar-refractivity contribution is 8.03. The third-order valence-corrected chi connectivity index (χ3v) is 8.54. The number of aliphatic carboxylic acids is 1. The van der Waals surface area contributed by atoms with E-state index in [1.165, 1.54) is 61.5 Å². The molecule has 0 aliphatic carbocycles. The molecule has 46 heavy (non-hydrogen) atoms. The Morgan fingerprint density at radius 2 is 1.54 bits per heavy atom. The van der Waals surface area contributed by atoms with Gasteiger partial charge in [0.2, 0.25) is 5.91 Å². The van der Waals surface area contributed by atoms with Gasteiger partial charge >= 0.3 is 12.1 Å². The summed E-state index contributed by atoms with van der Waals surface area (Å²) in [7, 11) is 0. The highest BCUT2D eigenvalue weighted by Crippen LogP contribution is 2.53. The largest absolute Gasteiger partial charge is 0.508 e. The standard InChI is InChI=1S/C28H25N7O10S/c1-13(45-28(39)44-12-15-4-8-17(9-5-15)35(42)43)21-22-18(10-14-2-6-16(7-3-14)34(40)41)24(23(26(37)38)33(22)25(21)36)46-27-31-19(29)11-20(30)32-27/h2-9,11,13,18,21-22H,10,12H2,1H3,(H,37,38)(H4,29,30,31,32). The number of hydrogen-bond acceptors (Lipinski definition) is 14. The predicted octanol–water partition coefficient (Wildman–Crippen LogP) is 3.29. The molecular weight excluding hydrogens is 626 g/mol. The maximum atomic E-state index is 13.5. The van der Waals surface area contributed by atoms with Crippen LogP contribution in [-0.2, 0) is 32.1 Å². The quantitative estimate of drug-likeness (QED) is 0.0883. The Morgan fingerprint density at radius 3 is 2.07 bits per heavy atom. The van der Waals surface area contributed by atoms with Crippen LogP contribution in [0.4, 0.5) is 27.8 Å². The van der Waals surface area contributed by atoms with E-state index in [2.05, 4.69) is 9.97 Å². The Hall–Kier alpha value is -5.78. The van der Waals surface area contributed by atoms with Crippen molar-refractivity contribution >= 4 is 52.8 Å². The number of nitro groups is 2. The van der Waals surface area contributed by atoms with Crippen LogP contribution in [0.25, 0.3) is 0 Å². The summed E-state index contributed by atoms with van der Waals surface area (Å²) in [5.41, 5.74) is 12.1. The molecule has 1 fully saturated rings. The number of hydrogen-bond donors (Lipinski definition) is 3. The molecule has 2 aliphatic rings. The van der Waals surface area contributed by atoms with Gasteiger partial charge in [-0.05, 0) is 36.6 Å². The Bertz CT molecular complexity index is 1750. The average molecular weight is 652 g/mol. The van der Waals surface area contributed by atoms with Gasteiger partial charge in [-0.2, -0.15) is 0 Å². The van der Waals surface area contributed by atoms with Gasteiger partial charge in [-0.1, -0.05) is 23.9 Å². The van der Waals surface area contributed by atoms with Crippen molar-refractivity contribution in [3.63, 3.8) is 0 Å². The molecule has 238 valence electrons. The van der Waals surface area contributed by atoms with Crippen molar-refractivity contribution in [1.29, 1.82) is 0 Å². The number of benzene rings is 2. The van der Waals surface area contributed by atoms with Crippen molar-refractivity contribution in [1.82, 2.24) is 14.9 Å². The van der Waals surface area contributed by atoms with Crippen LogP contribution in [0.1, 0.15) is 18.1 Å². The lowest BCUT2D eigenvalue weighted by atomic mass is 9.76. The number of carbonyl (C=O) groups excluding carboxylic acids is 2. The van der Waals surface area contributed by atoms with Crippen molar-refractivity contribution in [2.75, 3.05) is 11.5 Å². The molecule has 0 spiro atoms. The first-order valence-corrected chi connectivity index (χ1v) is 14.3. The number of nitrogen functional groups attached to an aromatic ring is 2. The predicted molar refractivity (Wildman–Crippen MR) is 160 cm³/mol. The van der Waals surface area contributed by atoms with Crippen LogP contribution in [0.3, 0.4) is 0 Å². The molecule has 2 aliphatic heterocycles. The molecule has 2 aromatic carbocycles. The minimum absolute atomic E-state index is 0.0453. The van der Waals surface area contributed by atoms with Gasteiger partial charge < -0.3 is 30.9 Å². The summed E-state index contributed by atoms with van der Waals surface area (Å²) >= 11 is 0.877. The van der Waals surface area contributed by atoms with Crippen molar-refractivity contribution in [3.8, 4) is 0 Å². The summed E-state index contributed by atoms with van der Waals surface area (Å²) in [4.78, 5) is 69.1. The molecule has 17 nitrogen and oxygen atoms in total.